The molecular weight excluding hydrogens is 502 g/mol. The number of ether oxygens (including phenoxy) is 1. The highest BCUT2D eigenvalue weighted by Gasteiger charge is 2.30. The van der Waals surface area contributed by atoms with E-state index in [1.807, 2.05) is 13.0 Å². The number of rotatable bonds is 8. The average molecular weight is 539 g/mol. The minimum absolute atomic E-state index is 0.00108. The van der Waals surface area contributed by atoms with E-state index in [4.69, 9.17) is 16.3 Å². The Kier molecular flexibility index (Phi) is 9.21. The second-order valence-corrected chi connectivity index (χ2v) is 11.4. The van der Waals surface area contributed by atoms with Crippen LogP contribution in [0, 0.1) is 11.3 Å². The largest absolute Gasteiger partial charge is 0.434 e. The van der Waals surface area contributed by atoms with E-state index in [1.165, 1.54) is 11.6 Å². The quantitative estimate of drug-likeness (QED) is 0.461. The van der Waals surface area contributed by atoms with Gasteiger partial charge < -0.3 is 15.0 Å². The number of hydrogen-bond acceptors (Lipinski definition) is 4. The molecule has 37 heavy (non-hydrogen) atoms. The van der Waals surface area contributed by atoms with E-state index in [0.717, 1.165) is 18.4 Å². The van der Waals surface area contributed by atoms with Crippen molar-refractivity contribution in [2.24, 2.45) is 11.3 Å². The molecule has 10 heteroatoms. The standard InChI is InChI=1S/C27H37ClF2N4O3/c1-7-34-24(20-11-9-18(13-27(4,5)6)12-21(20)37-26(29)30)22(28)23(32-34)25(36)31-14-19-10-8-16(2)15-33(19)17(3)35/h9,11-12,16,19,26H,7-8,10,13-15H2,1-6H3,(H,31,36)/t16-,19+/m0/s1. The predicted octanol–water partition coefficient (Wildman–Crippen LogP) is 5.79. The number of alkyl halides is 2. The van der Waals surface area contributed by atoms with Crippen LogP contribution in [0.4, 0.5) is 8.78 Å². The van der Waals surface area contributed by atoms with Gasteiger partial charge in [-0.15, -0.1) is 0 Å². The van der Waals surface area contributed by atoms with Crippen LogP contribution in [0.25, 0.3) is 11.3 Å². The Labute approximate surface area is 222 Å². The third-order valence-electron chi connectivity index (χ3n) is 6.51. The van der Waals surface area contributed by atoms with Crippen molar-refractivity contribution < 1.29 is 23.1 Å². The van der Waals surface area contributed by atoms with E-state index in [2.05, 4.69) is 38.1 Å². The molecule has 1 saturated heterocycles. The summed E-state index contributed by atoms with van der Waals surface area (Å²) in [6.45, 7) is 9.91. The summed E-state index contributed by atoms with van der Waals surface area (Å²) in [6, 6.07) is 5.02. The fourth-order valence-electron chi connectivity index (χ4n) is 4.85. The fourth-order valence-corrected chi connectivity index (χ4v) is 5.17. The molecule has 0 spiro atoms. The van der Waals surface area contributed by atoms with Gasteiger partial charge in [-0.1, -0.05) is 45.4 Å². The van der Waals surface area contributed by atoms with Crippen LogP contribution in [0.2, 0.25) is 5.02 Å². The van der Waals surface area contributed by atoms with Gasteiger partial charge in [-0.05, 0) is 55.2 Å². The summed E-state index contributed by atoms with van der Waals surface area (Å²) in [4.78, 5) is 27.0. The zero-order valence-corrected chi connectivity index (χ0v) is 23.2. The summed E-state index contributed by atoms with van der Waals surface area (Å²) in [5.74, 6) is -0.120. The average Bonchev–Trinajstić information content (AvgIpc) is 3.13. The topological polar surface area (TPSA) is 76.5 Å². The summed E-state index contributed by atoms with van der Waals surface area (Å²) < 4.78 is 33.0. The molecule has 7 nitrogen and oxygen atoms in total. The number of aryl methyl sites for hydroxylation is 1. The fraction of sp³-hybridized carbons (Fsp3) is 0.593. The molecular formula is C27H37ClF2N4O3. The van der Waals surface area contributed by atoms with Crippen LogP contribution in [-0.4, -0.2) is 52.2 Å². The lowest BCUT2D eigenvalue weighted by atomic mass is 9.87. The number of aromatic nitrogens is 2. The number of carbonyl (C=O) groups excluding carboxylic acids is 2. The molecule has 1 aliphatic rings. The first kappa shape index (κ1) is 28.9. The molecule has 1 aliphatic heterocycles. The number of nitrogens with zero attached hydrogens (tertiary/aromatic N) is 3. The van der Waals surface area contributed by atoms with Gasteiger partial charge in [-0.3, -0.25) is 14.3 Å². The van der Waals surface area contributed by atoms with Crippen LogP contribution in [0.1, 0.15) is 70.4 Å². The molecule has 1 N–H and O–H groups in total. The number of nitrogens with one attached hydrogen (secondary N) is 1. The molecule has 2 atom stereocenters. The first-order valence-electron chi connectivity index (χ1n) is 12.7. The maximum Gasteiger partial charge on any atom is 0.387 e. The lowest BCUT2D eigenvalue weighted by Gasteiger charge is -2.38. The maximum absolute atomic E-state index is 13.3. The van der Waals surface area contributed by atoms with Crippen molar-refractivity contribution in [2.45, 2.75) is 80.0 Å². The van der Waals surface area contributed by atoms with Gasteiger partial charge >= 0.3 is 6.61 Å². The van der Waals surface area contributed by atoms with E-state index in [9.17, 15) is 18.4 Å². The van der Waals surface area contributed by atoms with Crippen molar-refractivity contribution in [1.29, 1.82) is 0 Å². The highest BCUT2D eigenvalue weighted by molar-refractivity contribution is 6.36. The highest BCUT2D eigenvalue weighted by Crippen LogP contribution is 2.39. The van der Waals surface area contributed by atoms with Gasteiger partial charge in [-0.2, -0.15) is 13.9 Å². The zero-order valence-electron chi connectivity index (χ0n) is 22.4. The van der Waals surface area contributed by atoms with Crippen molar-refractivity contribution in [1.82, 2.24) is 20.0 Å². The Morgan fingerprint density at radius 1 is 1.27 bits per heavy atom. The molecule has 0 saturated carbocycles. The molecule has 2 amide bonds. The summed E-state index contributed by atoms with van der Waals surface area (Å²) in [5, 5.41) is 7.31. The number of carbonyl (C=O) groups is 2. The van der Waals surface area contributed by atoms with E-state index in [-0.39, 0.29) is 40.4 Å². The molecule has 1 aromatic heterocycles. The summed E-state index contributed by atoms with van der Waals surface area (Å²) >= 11 is 6.66. The third-order valence-corrected chi connectivity index (χ3v) is 6.86. The lowest BCUT2D eigenvalue weighted by Crippen LogP contribution is -2.50. The van der Waals surface area contributed by atoms with E-state index in [0.29, 0.717) is 36.7 Å². The van der Waals surface area contributed by atoms with Crippen molar-refractivity contribution in [3.05, 3.63) is 34.5 Å². The van der Waals surface area contributed by atoms with Gasteiger partial charge in [0.2, 0.25) is 5.91 Å². The smallest absolute Gasteiger partial charge is 0.387 e. The van der Waals surface area contributed by atoms with Crippen molar-refractivity contribution in [3.63, 3.8) is 0 Å². The summed E-state index contributed by atoms with van der Waals surface area (Å²) in [7, 11) is 0. The monoisotopic (exact) mass is 538 g/mol. The first-order valence-corrected chi connectivity index (χ1v) is 13.1. The molecule has 2 heterocycles. The Bertz CT molecular complexity index is 1130. The van der Waals surface area contributed by atoms with Crippen LogP contribution in [0.15, 0.2) is 18.2 Å². The molecule has 1 aromatic carbocycles. The number of likely N-dealkylation sites (tertiary alicyclic amines) is 1. The van der Waals surface area contributed by atoms with Gasteiger partial charge in [0.25, 0.3) is 5.91 Å². The minimum Gasteiger partial charge on any atom is -0.434 e. The van der Waals surface area contributed by atoms with Crippen LogP contribution < -0.4 is 10.1 Å². The Morgan fingerprint density at radius 2 is 1.97 bits per heavy atom. The maximum atomic E-state index is 13.3. The van der Waals surface area contributed by atoms with E-state index < -0.39 is 12.5 Å². The lowest BCUT2D eigenvalue weighted by molar-refractivity contribution is -0.133. The van der Waals surface area contributed by atoms with Gasteiger partial charge in [-0.25, -0.2) is 0 Å². The van der Waals surface area contributed by atoms with Gasteiger partial charge in [0.15, 0.2) is 5.69 Å². The number of halogens is 3. The first-order chi connectivity index (χ1) is 17.3. The molecule has 0 radical (unpaired) electrons. The highest BCUT2D eigenvalue weighted by atomic mass is 35.5. The number of amides is 2. The second-order valence-electron chi connectivity index (χ2n) is 11.0. The molecule has 204 valence electrons. The summed E-state index contributed by atoms with van der Waals surface area (Å²) in [5.41, 5.74) is 1.47. The van der Waals surface area contributed by atoms with Crippen LogP contribution in [0.3, 0.4) is 0 Å². The predicted molar refractivity (Wildman–Crippen MR) is 140 cm³/mol. The molecule has 3 rings (SSSR count). The number of piperidine rings is 1. The molecule has 0 aliphatic carbocycles. The number of benzene rings is 1. The van der Waals surface area contributed by atoms with Crippen LogP contribution in [-0.2, 0) is 17.8 Å². The van der Waals surface area contributed by atoms with Crippen molar-refractivity contribution in [2.75, 3.05) is 13.1 Å². The Balaban J connectivity index is 1.90. The molecule has 0 unspecified atom stereocenters. The van der Waals surface area contributed by atoms with Crippen molar-refractivity contribution >= 4 is 23.4 Å². The van der Waals surface area contributed by atoms with Crippen LogP contribution >= 0.6 is 11.6 Å². The van der Waals surface area contributed by atoms with Gasteiger partial charge in [0, 0.05) is 38.2 Å². The van der Waals surface area contributed by atoms with Gasteiger partial charge in [0.05, 0.1) is 10.7 Å². The molecule has 0 bridgehead atoms. The Morgan fingerprint density at radius 3 is 2.57 bits per heavy atom. The Hall–Kier alpha value is -2.68. The van der Waals surface area contributed by atoms with Crippen molar-refractivity contribution in [3.8, 4) is 17.0 Å². The van der Waals surface area contributed by atoms with E-state index in [1.54, 1.807) is 17.0 Å². The molecule has 2 aromatic rings. The normalized spacial score (nSPS) is 18.3. The minimum atomic E-state index is -3.02. The second kappa shape index (κ2) is 11.8. The molecule has 1 fully saturated rings. The third kappa shape index (κ3) is 7.21. The van der Waals surface area contributed by atoms with Gasteiger partial charge in [0.1, 0.15) is 5.75 Å². The summed E-state index contributed by atoms with van der Waals surface area (Å²) in [6.07, 6.45) is 2.43. The van der Waals surface area contributed by atoms with Crippen LogP contribution in [0.5, 0.6) is 5.75 Å². The number of hydrogen-bond donors (Lipinski definition) is 1. The van der Waals surface area contributed by atoms with E-state index >= 15 is 0 Å². The SMILES string of the molecule is CCn1nc(C(=O)NC[C@H]2CC[C@H](C)CN2C(C)=O)c(Cl)c1-c1ccc(CC(C)(C)C)cc1OC(F)F. The zero-order chi connectivity index (χ0) is 27.5.